The summed E-state index contributed by atoms with van der Waals surface area (Å²) in [7, 11) is -3.08. The molecule has 6 heteroatoms. The number of nitrogens with one attached hydrogen (secondary N) is 1. The molecule has 1 aliphatic rings. The minimum Gasteiger partial charge on any atom is -0.397 e. The van der Waals surface area contributed by atoms with Gasteiger partial charge in [-0.05, 0) is 18.2 Å². The zero-order chi connectivity index (χ0) is 12.5. The van der Waals surface area contributed by atoms with Crippen LogP contribution in [0.25, 0.3) is 0 Å². The molecule has 1 aromatic carbocycles. The third-order valence-electron chi connectivity index (χ3n) is 2.45. The van der Waals surface area contributed by atoms with E-state index in [0.717, 1.165) is 0 Å². The fraction of sp³-hybridized carbons (Fsp3) is 0.182. The van der Waals surface area contributed by atoms with Gasteiger partial charge >= 0.3 is 0 Å². The lowest BCUT2D eigenvalue weighted by Gasteiger charge is -2.13. The van der Waals surface area contributed by atoms with Gasteiger partial charge < -0.3 is 11.1 Å². The Morgan fingerprint density at radius 3 is 2.76 bits per heavy atom. The maximum absolute atomic E-state index is 11.2. The minimum atomic E-state index is -3.08. The van der Waals surface area contributed by atoms with Crippen LogP contribution in [0.3, 0.4) is 0 Å². The molecule has 2 rings (SSSR count). The van der Waals surface area contributed by atoms with Gasteiger partial charge in [0.05, 0.1) is 34.8 Å². The van der Waals surface area contributed by atoms with E-state index in [9.17, 15) is 8.42 Å². The van der Waals surface area contributed by atoms with E-state index >= 15 is 0 Å². The van der Waals surface area contributed by atoms with Gasteiger partial charge in [-0.15, -0.1) is 0 Å². The fourth-order valence-electron chi connectivity index (χ4n) is 1.63. The molecule has 1 aliphatic heterocycles. The van der Waals surface area contributed by atoms with Crippen molar-refractivity contribution in [3.05, 3.63) is 35.2 Å². The van der Waals surface area contributed by atoms with Crippen molar-refractivity contribution in [3.63, 3.8) is 0 Å². The van der Waals surface area contributed by atoms with Crippen molar-refractivity contribution in [1.29, 1.82) is 5.26 Å². The summed E-state index contributed by atoms with van der Waals surface area (Å²) in [6, 6.07) is 6.57. The van der Waals surface area contributed by atoms with Crippen molar-refractivity contribution in [1.82, 2.24) is 0 Å². The summed E-state index contributed by atoms with van der Waals surface area (Å²) in [6.07, 6.45) is 1.59. The molecule has 1 aromatic rings. The molecule has 0 saturated heterocycles. The van der Waals surface area contributed by atoms with Gasteiger partial charge in [-0.1, -0.05) is 6.08 Å². The standard InChI is InChI=1S/C11H11N3O2S/c12-6-8-1-2-11(10(13)5-8)14-9-3-4-17(15,16)7-9/h1-5,9,14H,7,13H2. The third kappa shape index (κ3) is 2.57. The zero-order valence-electron chi connectivity index (χ0n) is 8.92. The number of rotatable bonds is 2. The average molecular weight is 249 g/mol. The molecule has 0 bridgehead atoms. The van der Waals surface area contributed by atoms with Crippen LogP contribution in [0.15, 0.2) is 29.7 Å². The summed E-state index contributed by atoms with van der Waals surface area (Å²) >= 11 is 0. The molecular formula is C11H11N3O2S. The quantitative estimate of drug-likeness (QED) is 0.758. The molecule has 0 aromatic heterocycles. The van der Waals surface area contributed by atoms with E-state index in [-0.39, 0.29) is 11.8 Å². The predicted molar refractivity (Wildman–Crippen MR) is 65.9 cm³/mol. The van der Waals surface area contributed by atoms with Gasteiger partial charge in [-0.25, -0.2) is 8.42 Å². The first kappa shape index (κ1) is 11.5. The molecule has 17 heavy (non-hydrogen) atoms. The Morgan fingerprint density at radius 1 is 1.47 bits per heavy atom. The van der Waals surface area contributed by atoms with E-state index in [1.807, 2.05) is 6.07 Å². The Kier molecular flexibility index (Phi) is 2.77. The van der Waals surface area contributed by atoms with Crippen LogP contribution in [0.2, 0.25) is 0 Å². The fourth-order valence-corrected chi connectivity index (χ4v) is 2.86. The van der Waals surface area contributed by atoms with Crippen molar-refractivity contribution in [2.24, 2.45) is 0 Å². The molecule has 5 nitrogen and oxygen atoms in total. The highest BCUT2D eigenvalue weighted by Crippen LogP contribution is 2.22. The van der Waals surface area contributed by atoms with Crippen LogP contribution in [-0.4, -0.2) is 20.2 Å². The normalized spacial score (nSPS) is 21.0. The SMILES string of the molecule is N#Cc1ccc(NC2C=CS(=O)(=O)C2)c(N)c1. The van der Waals surface area contributed by atoms with E-state index in [1.165, 1.54) is 5.41 Å². The summed E-state index contributed by atoms with van der Waals surface area (Å²) < 4.78 is 22.4. The number of sulfone groups is 1. The second-order valence-electron chi connectivity index (χ2n) is 3.82. The van der Waals surface area contributed by atoms with E-state index in [0.29, 0.717) is 16.9 Å². The monoisotopic (exact) mass is 249 g/mol. The summed E-state index contributed by atoms with van der Waals surface area (Å²) in [5.41, 5.74) is 7.30. The van der Waals surface area contributed by atoms with Crippen LogP contribution in [0.4, 0.5) is 11.4 Å². The van der Waals surface area contributed by atoms with Gasteiger partial charge in [0, 0.05) is 5.41 Å². The highest BCUT2D eigenvalue weighted by atomic mass is 32.2. The molecule has 0 fully saturated rings. The number of benzene rings is 1. The lowest BCUT2D eigenvalue weighted by molar-refractivity contribution is 0.605. The number of hydrogen-bond donors (Lipinski definition) is 2. The molecular weight excluding hydrogens is 238 g/mol. The first-order valence-corrected chi connectivity index (χ1v) is 6.69. The maximum Gasteiger partial charge on any atom is 0.173 e. The Balaban J connectivity index is 2.16. The molecule has 1 atom stereocenters. The summed E-state index contributed by atoms with van der Waals surface area (Å²) in [4.78, 5) is 0. The van der Waals surface area contributed by atoms with Gasteiger partial charge in [0.2, 0.25) is 0 Å². The second-order valence-corrected chi connectivity index (χ2v) is 5.75. The topological polar surface area (TPSA) is 96.0 Å². The first-order chi connectivity index (χ1) is 8.00. The smallest absolute Gasteiger partial charge is 0.173 e. The van der Waals surface area contributed by atoms with Crippen molar-refractivity contribution in [2.45, 2.75) is 6.04 Å². The molecule has 88 valence electrons. The predicted octanol–water partition coefficient (Wildman–Crippen LogP) is 0.863. The van der Waals surface area contributed by atoms with Crippen LogP contribution >= 0.6 is 0 Å². The molecule has 1 unspecified atom stereocenters. The van der Waals surface area contributed by atoms with Gasteiger partial charge in [0.25, 0.3) is 0 Å². The van der Waals surface area contributed by atoms with Crippen molar-refractivity contribution in [2.75, 3.05) is 16.8 Å². The van der Waals surface area contributed by atoms with Gasteiger partial charge in [0.1, 0.15) is 0 Å². The molecule has 0 spiro atoms. The Bertz CT molecular complexity index is 614. The lowest BCUT2D eigenvalue weighted by Crippen LogP contribution is -2.21. The summed E-state index contributed by atoms with van der Waals surface area (Å²) in [5.74, 6) is 0.0342. The Hall–Kier alpha value is -2.00. The Morgan fingerprint density at radius 2 is 2.24 bits per heavy atom. The minimum absolute atomic E-state index is 0.0342. The number of nitrogen functional groups attached to an aromatic ring is 1. The lowest BCUT2D eigenvalue weighted by atomic mass is 10.2. The molecule has 0 saturated carbocycles. The van der Waals surface area contributed by atoms with Crippen LogP contribution in [0.1, 0.15) is 5.56 Å². The summed E-state index contributed by atoms with van der Waals surface area (Å²) in [6.45, 7) is 0. The third-order valence-corrected chi connectivity index (χ3v) is 3.85. The molecule has 0 radical (unpaired) electrons. The van der Waals surface area contributed by atoms with Crippen molar-refractivity contribution >= 4 is 21.2 Å². The Labute approximate surface area is 99.5 Å². The number of anilines is 2. The number of hydrogen-bond acceptors (Lipinski definition) is 5. The molecule has 0 aliphatic carbocycles. The van der Waals surface area contributed by atoms with E-state index in [4.69, 9.17) is 11.0 Å². The molecule has 3 N–H and O–H groups in total. The largest absolute Gasteiger partial charge is 0.397 e. The number of nitrogens with two attached hydrogens (primary N) is 1. The van der Waals surface area contributed by atoms with E-state index in [2.05, 4.69) is 5.32 Å². The van der Waals surface area contributed by atoms with Crippen molar-refractivity contribution < 1.29 is 8.42 Å². The first-order valence-electron chi connectivity index (χ1n) is 4.97. The molecule has 0 amide bonds. The van der Waals surface area contributed by atoms with Gasteiger partial charge in [-0.3, -0.25) is 0 Å². The van der Waals surface area contributed by atoms with E-state index in [1.54, 1.807) is 24.3 Å². The highest BCUT2D eigenvalue weighted by molar-refractivity contribution is 7.94. The van der Waals surface area contributed by atoms with Crippen LogP contribution < -0.4 is 11.1 Å². The maximum atomic E-state index is 11.2. The van der Waals surface area contributed by atoms with Crippen molar-refractivity contribution in [3.8, 4) is 6.07 Å². The van der Waals surface area contributed by atoms with Crippen LogP contribution in [-0.2, 0) is 9.84 Å². The van der Waals surface area contributed by atoms with Crippen LogP contribution in [0.5, 0.6) is 0 Å². The average Bonchev–Trinajstić information content (AvgIpc) is 2.61. The van der Waals surface area contributed by atoms with Gasteiger partial charge in [-0.2, -0.15) is 5.26 Å². The van der Waals surface area contributed by atoms with E-state index < -0.39 is 9.84 Å². The van der Waals surface area contributed by atoms with Crippen LogP contribution in [0, 0.1) is 11.3 Å². The second kappa shape index (κ2) is 4.11. The molecule has 1 heterocycles. The van der Waals surface area contributed by atoms with Gasteiger partial charge in [0.15, 0.2) is 9.84 Å². The highest BCUT2D eigenvalue weighted by Gasteiger charge is 2.21. The number of nitrogens with zero attached hydrogens (tertiary/aromatic N) is 1. The summed E-state index contributed by atoms with van der Waals surface area (Å²) in [5, 5.41) is 12.9. The zero-order valence-corrected chi connectivity index (χ0v) is 9.74. The number of nitriles is 1.